The van der Waals surface area contributed by atoms with Gasteiger partial charge in [0, 0.05) is 6.07 Å². The minimum absolute atomic E-state index is 0.0213. The van der Waals surface area contributed by atoms with E-state index < -0.39 is 10.9 Å². The van der Waals surface area contributed by atoms with Gasteiger partial charge in [0.2, 0.25) is 0 Å². The summed E-state index contributed by atoms with van der Waals surface area (Å²) in [6, 6.07) is 7.90. The predicted molar refractivity (Wildman–Crippen MR) is 76.7 cm³/mol. The molecule has 0 aliphatic heterocycles. The third-order valence-electron chi connectivity index (χ3n) is 2.87. The molecule has 0 fully saturated rings. The van der Waals surface area contributed by atoms with Gasteiger partial charge in [-0.1, -0.05) is 12.1 Å². The normalized spacial score (nSPS) is 10.0. The SMILES string of the molecule is COC(=O)c1ccc(Nc2c(C)cccc2[N+](=O)[O-])cn1. The van der Waals surface area contributed by atoms with E-state index in [9.17, 15) is 14.9 Å². The second-order valence-corrected chi connectivity index (χ2v) is 4.27. The third-order valence-corrected chi connectivity index (χ3v) is 2.87. The molecule has 0 saturated carbocycles. The van der Waals surface area contributed by atoms with Crippen LogP contribution >= 0.6 is 0 Å². The van der Waals surface area contributed by atoms with E-state index in [2.05, 4.69) is 15.0 Å². The van der Waals surface area contributed by atoms with Crippen molar-refractivity contribution in [2.24, 2.45) is 0 Å². The molecule has 0 spiro atoms. The maximum absolute atomic E-state index is 11.3. The standard InChI is InChI=1S/C14H13N3O4/c1-9-4-3-5-12(17(19)20)13(9)16-10-6-7-11(15-8-10)14(18)21-2/h3-8,16H,1-2H3. The molecule has 0 aliphatic rings. The van der Waals surface area contributed by atoms with E-state index in [0.717, 1.165) is 5.56 Å². The van der Waals surface area contributed by atoms with Gasteiger partial charge in [0.15, 0.2) is 0 Å². The van der Waals surface area contributed by atoms with Gasteiger partial charge in [-0.25, -0.2) is 9.78 Å². The summed E-state index contributed by atoms with van der Waals surface area (Å²) < 4.78 is 4.55. The highest BCUT2D eigenvalue weighted by molar-refractivity contribution is 5.87. The molecule has 0 aliphatic carbocycles. The monoisotopic (exact) mass is 287 g/mol. The number of para-hydroxylation sites is 1. The Bertz CT molecular complexity index is 683. The van der Waals surface area contributed by atoms with Gasteiger partial charge >= 0.3 is 5.97 Å². The van der Waals surface area contributed by atoms with Crippen molar-refractivity contribution < 1.29 is 14.5 Å². The van der Waals surface area contributed by atoms with Gasteiger partial charge in [-0.15, -0.1) is 0 Å². The number of esters is 1. The summed E-state index contributed by atoms with van der Waals surface area (Å²) in [5.74, 6) is -0.538. The topological polar surface area (TPSA) is 94.4 Å². The van der Waals surface area contributed by atoms with Crippen LogP contribution in [0.2, 0.25) is 0 Å². The Hall–Kier alpha value is -2.96. The molecule has 0 saturated heterocycles. The summed E-state index contributed by atoms with van der Waals surface area (Å²) in [6.07, 6.45) is 1.42. The summed E-state index contributed by atoms with van der Waals surface area (Å²) >= 11 is 0. The number of nitrogens with one attached hydrogen (secondary N) is 1. The minimum Gasteiger partial charge on any atom is -0.464 e. The molecule has 1 N–H and O–H groups in total. The first-order chi connectivity index (χ1) is 10.0. The first-order valence-corrected chi connectivity index (χ1v) is 6.08. The molecule has 1 heterocycles. The Morgan fingerprint density at radius 1 is 1.33 bits per heavy atom. The van der Waals surface area contributed by atoms with E-state index in [4.69, 9.17) is 0 Å². The number of ether oxygens (including phenoxy) is 1. The number of nitro benzene ring substituents is 1. The molecule has 2 rings (SSSR count). The van der Waals surface area contributed by atoms with Crippen LogP contribution in [0.15, 0.2) is 36.5 Å². The van der Waals surface area contributed by atoms with Crippen molar-refractivity contribution in [1.29, 1.82) is 0 Å². The van der Waals surface area contributed by atoms with E-state index in [0.29, 0.717) is 11.4 Å². The molecule has 0 unspecified atom stereocenters. The van der Waals surface area contributed by atoms with Gasteiger partial charge in [0.05, 0.1) is 23.9 Å². The lowest BCUT2D eigenvalue weighted by Gasteiger charge is -2.09. The second-order valence-electron chi connectivity index (χ2n) is 4.27. The molecule has 1 aromatic heterocycles. The molecule has 7 heteroatoms. The first-order valence-electron chi connectivity index (χ1n) is 6.08. The average molecular weight is 287 g/mol. The zero-order valence-electron chi connectivity index (χ0n) is 11.5. The summed E-state index contributed by atoms with van der Waals surface area (Å²) in [5.41, 5.74) is 1.82. The number of hydrogen-bond acceptors (Lipinski definition) is 6. The molecule has 1 aromatic carbocycles. The molecular formula is C14H13N3O4. The molecule has 2 aromatic rings. The number of benzene rings is 1. The van der Waals surface area contributed by atoms with Crippen LogP contribution in [0.5, 0.6) is 0 Å². The van der Waals surface area contributed by atoms with Gasteiger partial charge in [0.25, 0.3) is 5.69 Å². The minimum atomic E-state index is -0.538. The summed E-state index contributed by atoms with van der Waals surface area (Å²) in [5, 5.41) is 14.0. The fourth-order valence-corrected chi connectivity index (χ4v) is 1.80. The molecule has 0 atom stereocenters. The number of methoxy groups -OCH3 is 1. The molecule has 0 bridgehead atoms. The predicted octanol–water partition coefficient (Wildman–Crippen LogP) is 2.83. The lowest BCUT2D eigenvalue weighted by molar-refractivity contribution is -0.384. The first kappa shape index (κ1) is 14.4. The maximum atomic E-state index is 11.3. The number of carbonyl (C=O) groups is 1. The maximum Gasteiger partial charge on any atom is 0.356 e. The van der Waals surface area contributed by atoms with E-state index in [1.165, 1.54) is 25.4 Å². The summed E-state index contributed by atoms with van der Waals surface area (Å²) in [4.78, 5) is 25.8. The number of aromatic nitrogens is 1. The number of rotatable bonds is 4. The lowest BCUT2D eigenvalue weighted by atomic mass is 10.1. The van der Waals surface area contributed by atoms with Crippen molar-refractivity contribution in [2.75, 3.05) is 12.4 Å². The fraction of sp³-hybridized carbons (Fsp3) is 0.143. The van der Waals surface area contributed by atoms with Gasteiger partial charge in [0.1, 0.15) is 11.4 Å². The van der Waals surface area contributed by atoms with Gasteiger partial charge in [-0.2, -0.15) is 0 Å². The largest absolute Gasteiger partial charge is 0.464 e. The molecule has 108 valence electrons. The Morgan fingerprint density at radius 2 is 2.10 bits per heavy atom. The average Bonchev–Trinajstić information content (AvgIpc) is 2.49. The van der Waals surface area contributed by atoms with Crippen molar-refractivity contribution in [1.82, 2.24) is 4.98 Å². The van der Waals surface area contributed by atoms with Crippen molar-refractivity contribution in [2.45, 2.75) is 6.92 Å². The molecule has 7 nitrogen and oxygen atoms in total. The number of hydrogen-bond donors (Lipinski definition) is 1. The molecule has 0 amide bonds. The Balaban J connectivity index is 2.30. The Kier molecular flexibility index (Phi) is 4.13. The van der Waals surface area contributed by atoms with Gasteiger partial charge < -0.3 is 10.1 Å². The van der Waals surface area contributed by atoms with Crippen LogP contribution in [-0.4, -0.2) is 23.0 Å². The van der Waals surface area contributed by atoms with Crippen LogP contribution in [-0.2, 0) is 4.74 Å². The fourth-order valence-electron chi connectivity index (χ4n) is 1.80. The van der Waals surface area contributed by atoms with E-state index in [1.807, 2.05) is 0 Å². The Morgan fingerprint density at radius 3 is 2.67 bits per heavy atom. The van der Waals surface area contributed by atoms with Crippen LogP contribution in [0.4, 0.5) is 17.1 Å². The zero-order chi connectivity index (χ0) is 15.4. The van der Waals surface area contributed by atoms with Crippen LogP contribution in [0.1, 0.15) is 16.1 Å². The van der Waals surface area contributed by atoms with Crippen molar-refractivity contribution in [3.8, 4) is 0 Å². The Labute approximate surface area is 120 Å². The zero-order valence-corrected chi connectivity index (χ0v) is 11.5. The highest BCUT2D eigenvalue weighted by Crippen LogP contribution is 2.30. The molecule has 0 radical (unpaired) electrons. The van der Waals surface area contributed by atoms with Crippen molar-refractivity contribution >= 4 is 23.0 Å². The number of pyridine rings is 1. The quantitative estimate of drug-likeness (QED) is 0.528. The highest BCUT2D eigenvalue weighted by Gasteiger charge is 2.16. The summed E-state index contributed by atoms with van der Waals surface area (Å²) in [6.45, 7) is 1.77. The number of nitro groups is 1. The molecular weight excluding hydrogens is 274 g/mol. The molecule has 21 heavy (non-hydrogen) atoms. The third kappa shape index (κ3) is 3.14. The van der Waals surface area contributed by atoms with Crippen LogP contribution in [0, 0.1) is 17.0 Å². The van der Waals surface area contributed by atoms with E-state index >= 15 is 0 Å². The smallest absolute Gasteiger partial charge is 0.356 e. The lowest BCUT2D eigenvalue weighted by Crippen LogP contribution is -2.04. The van der Waals surface area contributed by atoms with Crippen molar-refractivity contribution in [3.05, 3.63) is 57.9 Å². The second kappa shape index (κ2) is 6.00. The number of nitrogens with zero attached hydrogens (tertiary/aromatic N) is 2. The van der Waals surface area contributed by atoms with Crippen LogP contribution in [0.3, 0.4) is 0 Å². The summed E-state index contributed by atoms with van der Waals surface area (Å²) in [7, 11) is 1.27. The van der Waals surface area contributed by atoms with E-state index in [-0.39, 0.29) is 11.4 Å². The highest BCUT2D eigenvalue weighted by atomic mass is 16.6. The van der Waals surface area contributed by atoms with Crippen LogP contribution < -0.4 is 5.32 Å². The number of anilines is 2. The van der Waals surface area contributed by atoms with Crippen LogP contribution in [0.25, 0.3) is 0 Å². The van der Waals surface area contributed by atoms with Crippen molar-refractivity contribution in [3.63, 3.8) is 0 Å². The van der Waals surface area contributed by atoms with E-state index in [1.54, 1.807) is 25.1 Å². The number of carbonyl (C=O) groups excluding carboxylic acids is 1. The van der Waals surface area contributed by atoms with Gasteiger partial charge in [-0.3, -0.25) is 10.1 Å². The van der Waals surface area contributed by atoms with Gasteiger partial charge in [-0.05, 0) is 24.6 Å². The number of aryl methyl sites for hydroxylation is 1.